The molecule has 0 spiro atoms. The summed E-state index contributed by atoms with van der Waals surface area (Å²) < 4.78 is 1.04. The highest BCUT2D eigenvalue weighted by molar-refractivity contribution is 8.15. The van der Waals surface area contributed by atoms with Gasteiger partial charge in [0.25, 0.3) is 0 Å². The van der Waals surface area contributed by atoms with Crippen LogP contribution in [0.1, 0.15) is 12.0 Å². The van der Waals surface area contributed by atoms with Crippen molar-refractivity contribution in [3.8, 4) is 0 Å². The van der Waals surface area contributed by atoms with E-state index in [2.05, 4.69) is 15.3 Å². The lowest BCUT2D eigenvalue weighted by molar-refractivity contribution is -0.127. The van der Waals surface area contributed by atoms with Crippen LogP contribution in [0.15, 0.2) is 47.5 Å². The summed E-state index contributed by atoms with van der Waals surface area (Å²) in [4.78, 5) is 35.6. The molecule has 3 aromatic rings. The second kappa shape index (κ2) is 8.14. The van der Waals surface area contributed by atoms with E-state index in [1.54, 1.807) is 25.2 Å². The third-order valence-corrected chi connectivity index (χ3v) is 6.84. The Bertz CT molecular complexity index is 1110. The molecule has 148 valence electrons. The smallest absolute Gasteiger partial charge is 0.242 e. The number of hydrogen-bond acceptors (Lipinski definition) is 6. The molecule has 1 aromatic heterocycles. The van der Waals surface area contributed by atoms with E-state index in [0.717, 1.165) is 15.8 Å². The van der Waals surface area contributed by atoms with E-state index in [9.17, 15) is 9.59 Å². The third-order valence-electron chi connectivity index (χ3n) is 4.45. The van der Waals surface area contributed by atoms with E-state index >= 15 is 0 Å². The summed E-state index contributed by atoms with van der Waals surface area (Å²) in [6.07, 6.45) is 0.0643. The number of para-hydroxylation sites is 1. The maximum Gasteiger partial charge on any atom is 0.242 e. The van der Waals surface area contributed by atoms with Crippen molar-refractivity contribution >= 4 is 72.7 Å². The molecular formula is C20H17ClN4O2S2. The second-order valence-electron chi connectivity index (χ2n) is 6.57. The van der Waals surface area contributed by atoms with Gasteiger partial charge in [-0.1, -0.05) is 46.8 Å². The molecule has 1 N–H and O–H groups in total. The van der Waals surface area contributed by atoms with E-state index in [4.69, 9.17) is 11.6 Å². The van der Waals surface area contributed by atoms with Gasteiger partial charge in [-0.2, -0.15) is 4.99 Å². The number of amides is 2. The van der Waals surface area contributed by atoms with Gasteiger partial charge in [-0.25, -0.2) is 4.98 Å². The lowest BCUT2D eigenvalue weighted by Crippen LogP contribution is -2.30. The molecule has 1 saturated heterocycles. The number of hydrogen-bond donors (Lipinski definition) is 1. The van der Waals surface area contributed by atoms with Crippen molar-refractivity contribution in [3.63, 3.8) is 0 Å². The Morgan fingerprint density at radius 2 is 2.10 bits per heavy atom. The number of aromatic nitrogens is 1. The largest absolute Gasteiger partial charge is 0.326 e. The normalized spacial score (nSPS) is 18.0. The number of thiazole rings is 1. The van der Waals surface area contributed by atoms with Gasteiger partial charge in [0.05, 0.1) is 10.2 Å². The standard InChI is InChI=1S/C20H17ClN4O2S2/c1-11-9-12(21)7-8-13(11)22-17(26)10-16-18(27)25(2)20(29-16)24-19-23-14-5-3-4-6-15(14)28-19/h3-9,16H,10H2,1-2H3,(H,22,26). The third kappa shape index (κ3) is 4.29. The first-order valence-electron chi connectivity index (χ1n) is 8.85. The SMILES string of the molecule is Cc1cc(Cl)ccc1NC(=O)CC1SC(=Nc2nc3ccccc3s2)N(C)C1=O. The minimum absolute atomic E-state index is 0.0643. The minimum atomic E-state index is -0.513. The number of fused-ring (bicyclic) bond motifs is 1. The first-order valence-corrected chi connectivity index (χ1v) is 10.9. The number of amidine groups is 1. The maximum absolute atomic E-state index is 12.6. The summed E-state index contributed by atoms with van der Waals surface area (Å²) in [7, 11) is 1.67. The highest BCUT2D eigenvalue weighted by atomic mass is 35.5. The summed E-state index contributed by atoms with van der Waals surface area (Å²) in [6, 6.07) is 13.0. The number of aliphatic imine (C=N–C) groups is 1. The molecule has 29 heavy (non-hydrogen) atoms. The summed E-state index contributed by atoms with van der Waals surface area (Å²) in [6.45, 7) is 1.87. The van der Waals surface area contributed by atoms with Crippen molar-refractivity contribution in [2.75, 3.05) is 12.4 Å². The molecule has 2 amide bonds. The van der Waals surface area contributed by atoms with Crippen LogP contribution < -0.4 is 5.32 Å². The zero-order valence-corrected chi connectivity index (χ0v) is 18.1. The van der Waals surface area contributed by atoms with Crippen molar-refractivity contribution in [3.05, 3.63) is 53.1 Å². The molecular weight excluding hydrogens is 428 g/mol. The lowest BCUT2D eigenvalue weighted by Gasteiger charge is -2.11. The van der Waals surface area contributed by atoms with Gasteiger partial charge >= 0.3 is 0 Å². The number of thioether (sulfide) groups is 1. The average molecular weight is 445 g/mol. The molecule has 0 aliphatic carbocycles. The summed E-state index contributed by atoms with van der Waals surface area (Å²) in [5.41, 5.74) is 2.43. The fourth-order valence-electron chi connectivity index (χ4n) is 2.92. The van der Waals surface area contributed by atoms with E-state index in [1.807, 2.05) is 31.2 Å². The van der Waals surface area contributed by atoms with Gasteiger partial charge < -0.3 is 5.32 Å². The molecule has 2 heterocycles. The van der Waals surface area contributed by atoms with Crippen molar-refractivity contribution in [2.45, 2.75) is 18.6 Å². The van der Waals surface area contributed by atoms with Crippen molar-refractivity contribution in [1.82, 2.24) is 9.88 Å². The predicted molar refractivity (Wildman–Crippen MR) is 120 cm³/mol. The maximum atomic E-state index is 12.6. The Hall–Kier alpha value is -2.42. The van der Waals surface area contributed by atoms with Gasteiger partial charge in [0, 0.05) is 24.2 Å². The molecule has 1 unspecified atom stereocenters. The number of halogens is 1. The monoisotopic (exact) mass is 444 g/mol. The zero-order valence-electron chi connectivity index (χ0n) is 15.7. The molecule has 4 rings (SSSR count). The molecule has 0 saturated carbocycles. The van der Waals surface area contributed by atoms with Gasteiger partial charge in [0.1, 0.15) is 5.25 Å². The number of aryl methyl sites for hydroxylation is 1. The zero-order chi connectivity index (χ0) is 20.5. The van der Waals surface area contributed by atoms with Crippen LogP contribution in [0.25, 0.3) is 10.2 Å². The van der Waals surface area contributed by atoms with Crippen molar-refractivity contribution in [1.29, 1.82) is 0 Å². The predicted octanol–water partition coefficient (Wildman–Crippen LogP) is 4.85. The van der Waals surface area contributed by atoms with Gasteiger partial charge in [0.2, 0.25) is 16.9 Å². The van der Waals surface area contributed by atoms with Gasteiger partial charge in [-0.15, -0.1) is 0 Å². The number of rotatable bonds is 4. The van der Waals surface area contributed by atoms with Crippen LogP contribution in [-0.4, -0.2) is 39.2 Å². The van der Waals surface area contributed by atoms with Crippen LogP contribution in [-0.2, 0) is 9.59 Å². The minimum Gasteiger partial charge on any atom is -0.326 e. The average Bonchev–Trinajstić information content (AvgIpc) is 3.20. The highest BCUT2D eigenvalue weighted by Gasteiger charge is 2.37. The lowest BCUT2D eigenvalue weighted by atomic mass is 10.2. The van der Waals surface area contributed by atoms with E-state index in [0.29, 0.717) is 21.0 Å². The first-order chi connectivity index (χ1) is 13.9. The number of nitrogens with one attached hydrogen (secondary N) is 1. The molecule has 0 bridgehead atoms. The number of carbonyl (C=O) groups is 2. The Balaban J connectivity index is 1.46. The second-order valence-corrected chi connectivity index (χ2v) is 9.19. The molecule has 1 aliphatic rings. The highest BCUT2D eigenvalue weighted by Crippen LogP contribution is 2.34. The molecule has 6 nitrogen and oxygen atoms in total. The Morgan fingerprint density at radius 3 is 2.86 bits per heavy atom. The van der Waals surface area contributed by atoms with E-state index < -0.39 is 5.25 Å². The number of anilines is 1. The fourth-order valence-corrected chi connectivity index (χ4v) is 5.18. The Kier molecular flexibility index (Phi) is 5.58. The fraction of sp³-hybridized carbons (Fsp3) is 0.200. The van der Waals surface area contributed by atoms with Crippen LogP contribution in [0, 0.1) is 6.92 Å². The Morgan fingerprint density at radius 1 is 1.31 bits per heavy atom. The summed E-state index contributed by atoms with van der Waals surface area (Å²) in [5, 5.41) is 4.09. The van der Waals surface area contributed by atoms with E-state index in [1.165, 1.54) is 28.0 Å². The molecule has 0 radical (unpaired) electrons. The van der Waals surface area contributed by atoms with Crippen molar-refractivity contribution < 1.29 is 9.59 Å². The number of nitrogens with zero attached hydrogens (tertiary/aromatic N) is 3. The molecule has 1 fully saturated rings. The quantitative estimate of drug-likeness (QED) is 0.624. The van der Waals surface area contributed by atoms with Crippen LogP contribution in [0.4, 0.5) is 10.8 Å². The van der Waals surface area contributed by atoms with Crippen molar-refractivity contribution in [2.24, 2.45) is 4.99 Å². The van der Waals surface area contributed by atoms with Gasteiger partial charge in [-0.3, -0.25) is 14.5 Å². The van der Waals surface area contributed by atoms with Gasteiger partial charge in [0.15, 0.2) is 5.17 Å². The van der Waals surface area contributed by atoms with E-state index in [-0.39, 0.29) is 18.2 Å². The Labute approximate surface area is 181 Å². The van der Waals surface area contributed by atoms with Crippen LogP contribution >= 0.6 is 34.7 Å². The topological polar surface area (TPSA) is 74.7 Å². The first kappa shape index (κ1) is 19.9. The summed E-state index contributed by atoms with van der Waals surface area (Å²) in [5.74, 6) is -0.367. The molecule has 9 heteroatoms. The van der Waals surface area contributed by atoms with Gasteiger partial charge in [-0.05, 0) is 42.8 Å². The molecule has 2 aromatic carbocycles. The molecule has 1 atom stereocenters. The van der Waals surface area contributed by atoms with Crippen LogP contribution in [0.2, 0.25) is 5.02 Å². The number of carbonyl (C=O) groups excluding carboxylic acids is 2. The van der Waals surface area contributed by atoms with Crippen LogP contribution in [0.5, 0.6) is 0 Å². The summed E-state index contributed by atoms with van der Waals surface area (Å²) >= 11 is 8.71. The molecule has 1 aliphatic heterocycles. The number of benzene rings is 2. The van der Waals surface area contributed by atoms with Crippen LogP contribution in [0.3, 0.4) is 0 Å².